The number of anilines is 1. The first kappa shape index (κ1) is 15.9. The van der Waals surface area contributed by atoms with E-state index in [-0.39, 0.29) is 17.3 Å². The molecular weight excluding hydrogens is 361 g/mol. The second kappa shape index (κ2) is 6.08. The van der Waals surface area contributed by atoms with Crippen LogP contribution in [0, 0.1) is 5.82 Å². The molecule has 0 aliphatic heterocycles. The minimum absolute atomic E-state index is 0.0338. The second-order valence-electron chi connectivity index (χ2n) is 4.43. The van der Waals surface area contributed by atoms with E-state index in [4.69, 9.17) is 5.73 Å². The van der Waals surface area contributed by atoms with Crippen LogP contribution in [0.1, 0.15) is 5.56 Å². The fourth-order valence-corrected chi connectivity index (χ4v) is 3.51. The van der Waals surface area contributed by atoms with Crippen LogP contribution in [0.15, 0.2) is 45.9 Å². The maximum Gasteiger partial charge on any atom is 0.246 e. The van der Waals surface area contributed by atoms with E-state index in [9.17, 15) is 12.8 Å². The van der Waals surface area contributed by atoms with Crippen molar-refractivity contribution in [1.29, 1.82) is 0 Å². The van der Waals surface area contributed by atoms with Crippen LogP contribution in [0.4, 0.5) is 10.2 Å². The van der Waals surface area contributed by atoms with Crippen molar-refractivity contribution < 1.29 is 12.8 Å². The van der Waals surface area contributed by atoms with Crippen molar-refractivity contribution >= 4 is 31.8 Å². The summed E-state index contributed by atoms with van der Waals surface area (Å²) in [4.78, 5) is 3.73. The van der Waals surface area contributed by atoms with E-state index < -0.39 is 15.8 Å². The van der Waals surface area contributed by atoms with E-state index in [1.165, 1.54) is 37.5 Å². The van der Waals surface area contributed by atoms with Gasteiger partial charge >= 0.3 is 0 Å². The molecule has 21 heavy (non-hydrogen) atoms. The van der Waals surface area contributed by atoms with Crippen molar-refractivity contribution in [2.45, 2.75) is 11.4 Å². The molecule has 0 fully saturated rings. The summed E-state index contributed by atoms with van der Waals surface area (Å²) in [5, 5.41) is 0. The highest BCUT2D eigenvalue weighted by atomic mass is 79.9. The molecule has 0 saturated heterocycles. The van der Waals surface area contributed by atoms with Gasteiger partial charge in [-0.25, -0.2) is 17.8 Å². The minimum atomic E-state index is -3.81. The number of rotatable bonds is 4. The van der Waals surface area contributed by atoms with E-state index in [0.717, 1.165) is 4.31 Å². The van der Waals surface area contributed by atoms with E-state index >= 15 is 0 Å². The molecule has 1 heterocycles. The van der Waals surface area contributed by atoms with Gasteiger partial charge in [-0.05, 0) is 39.7 Å². The van der Waals surface area contributed by atoms with Gasteiger partial charge in [0.15, 0.2) is 0 Å². The number of benzene rings is 1. The molecule has 112 valence electrons. The van der Waals surface area contributed by atoms with E-state index in [1.807, 2.05) is 0 Å². The topological polar surface area (TPSA) is 76.3 Å². The molecular formula is C13H13BrFN3O2S. The molecule has 1 aromatic carbocycles. The van der Waals surface area contributed by atoms with E-state index in [0.29, 0.717) is 10.0 Å². The Morgan fingerprint density at radius 3 is 2.76 bits per heavy atom. The third-order valence-electron chi connectivity index (χ3n) is 2.83. The molecule has 1 aromatic heterocycles. The normalized spacial score (nSPS) is 11.8. The molecule has 2 N–H and O–H groups in total. The molecule has 8 heteroatoms. The number of nitrogen functional groups attached to an aromatic ring is 1. The molecule has 0 amide bonds. The predicted molar refractivity (Wildman–Crippen MR) is 81.4 cm³/mol. The third-order valence-corrected chi connectivity index (χ3v) is 5.10. The lowest BCUT2D eigenvalue weighted by Gasteiger charge is -2.18. The van der Waals surface area contributed by atoms with Crippen LogP contribution < -0.4 is 5.73 Å². The molecule has 0 radical (unpaired) electrons. The highest BCUT2D eigenvalue weighted by Crippen LogP contribution is 2.24. The molecule has 0 spiro atoms. The van der Waals surface area contributed by atoms with Crippen LogP contribution in [0.25, 0.3) is 0 Å². The average molecular weight is 374 g/mol. The molecule has 0 aliphatic carbocycles. The summed E-state index contributed by atoms with van der Waals surface area (Å²) in [6.45, 7) is 0.0338. The number of hydrogen-bond acceptors (Lipinski definition) is 4. The Morgan fingerprint density at radius 1 is 1.38 bits per heavy atom. The first-order valence-electron chi connectivity index (χ1n) is 5.92. The van der Waals surface area contributed by atoms with Crippen LogP contribution in [0.2, 0.25) is 0 Å². The number of halogens is 2. The van der Waals surface area contributed by atoms with Gasteiger partial charge in [0.25, 0.3) is 0 Å². The summed E-state index contributed by atoms with van der Waals surface area (Å²) in [6, 6.07) is 7.15. The maximum atomic E-state index is 13.1. The number of hydrogen-bond donors (Lipinski definition) is 1. The molecule has 5 nitrogen and oxygen atoms in total. The summed E-state index contributed by atoms with van der Waals surface area (Å²) >= 11 is 3.16. The Bertz CT molecular complexity index is 768. The molecule has 2 aromatic rings. The Balaban J connectivity index is 2.33. The van der Waals surface area contributed by atoms with Crippen molar-refractivity contribution in [3.63, 3.8) is 0 Å². The van der Waals surface area contributed by atoms with Gasteiger partial charge in [0.1, 0.15) is 16.5 Å². The lowest BCUT2D eigenvalue weighted by Crippen LogP contribution is -2.27. The monoisotopic (exact) mass is 373 g/mol. The van der Waals surface area contributed by atoms with Crippen LogP contribution in [-0.2, 0) is 16.6 Å². The van der Waals surface area contributed by atoms with E-state index in [2.05, 4.69) is 20.9 Å². The highest BCUT2D eigenvalue weighted by Gasteiger charge is 2.24. The number of nitrogens with two attached hydrogens (primary N) is 1. The van der Waals surface area contributed by atoms with Gasteiger partial charge in [-0.15, -0.1) is 0 Å². The first-order valence-corrected chi connectivity index (χ1v) is 8.16. The lowest BCUT2D eigenvalue weighted by atomic mass is 10.2. The van der Waals surface area contributed by atoms with Crippen LogP contribution in [0.5, 0.6) is 0 Å². The maximum absolute atomic E-state index is 13.1. The fourth-order valence-electron chi connectivity index (χ4n) is 1.78. The Morgan fingerprint density at radius 2 is 2.10 bits per heavy atom. The largest absolute Gasteiger partial charge is 0.383 e. The van der Waals surface area contributed by atoms with Crippen molar-refractivity contribution in [1.82, 2.24) is 9.29 Å². The third kappa shape index (κ3) is 3.58. The van der Waals surface area contributed by atoms with Crippen molar-refractivity contribution in [2.75, 3.05) is 12.8 Å². The summed E-state index contributed by atoms with van der Waals surface area (Å²) in [5.74, 6) is -0.494. The second-order valence-corrected chi connectivity index (χ2v) is 7.36. The SMILES string of the molecule is CN(Cc1cccc(F)c1)S(=O)(=O)c1cc(Br)cnc1N. The summed E-state index contributed by atoms with van der Waals surface area (Å²) in [6.07, 6.45) is 1.42. The van der Waals surface area contributed by atoms with Crippen molar-refractivity contribution in [3.05, 3.63) is 52.4 Å². The Hall–Kier alpha value is -1.51. The van der Waals surface area contributed by atoms with Gasteiger partial charge in [0, 0.05) is 24.3 Å². The van der Waals surface area contributed by atoms with Gasteiger partial charge in [-0.3, -0.25) is 0 Å². The number of pyridine rings is 1. The summed E-state index contributed by atoms with van der Waals surface area (Å²) in [7, 11) is -2.41. The first-order chi connectivity index (χ1) is 9.80. The standard InChI is InChI=1S/C13H13BrFN3O2S/c1-18(8-9-3-2-4-11(15)5-9)21(19,20)12-6-10(14)7-17-13(12)16/h2-7H,8H2,1H3,(H2,16,17). The molecule has 2 rings (SSSR count). The zero-order valence-corrected chi connectivity index (χ0v) is 13.5. The molecule has 0 aliphatic rings. The number of sulfonamides is 1. The summed E-state index contributed by atoms with van der Waals surface area (Å²) in [5.41, 5.74) is 6.18. The molecule has 0 saturated carbocycles. The quantitative estimate of drug-likeness (QED) is 0.892. The van der Waals surface area contributed by atoms with Gasteiger partial charge in [0.05, 0.1) is 0 Å². The van der Waals surface area contributed by atoms with Crippen molar-refractivity contribution in [2.24, 2.45) is 0 Å². The summed E-state index contributed by atoms with van der Waals surface area (Å²) < 4.78 is 39.7. The Labute approximate surface area is 130 Å². The zero-order chi connectivity index (χ0) is 15.6. The average Bonchev–Trinajstić information content (AvgIpc) is 2.41. The van der Waals surface area contributed by atoms with E-state index in [1.54, 1.807) is 6.07 Å². The van der Waals surface area contributed by atoms with Gasteiger partial charge in [-0.1, -0.05) is 12.1 Å². The van der Waals surface area contributed by atoms with Gasteiger partial charge < -0.3 is 5.73 Å². The highest BCUT2D eigenvalue weighted by molar-refractivity contribution is 9.10. The minimum Gasteiger partial charge on any atom is -0.383 e. The predicted octanol–water partition coefficient (Wildman–Crippen LogP) is 2.39. The lowest BCUT2D eigenvalue weighted by molar-refractivity contribution is 0.465. The number of aromatic nitrogens is 1. The molecule has 0 bridgehead atoms. The fraction of sp³-hybridized carbons (Fsp3) is 0.154. The van der Waals surface area contributed by atoms with Gasteiger partial charge in [0.2, 0.25) is 10.0 Å². The smallest absolute Gasteiger partial charge is 0.246 e. The molecule has 0 unspecified atom stereocenters. The Kier molecular flexibility index (Phi) is 4.60. The van der Waals surface area contributed by atoms with Crippen LogP contribution >= 0.6 is 15.9 Å². The van der Waals surface area contributed by atoms with Crippen molar-refractivity contribution in [3.8, 4) is 0 Å². The number of nitrogens with zero attached hydrogens (tertiary/aromatic N) is 2. The zero-order valence-electron chi connectivity index (χ0n) is 11.1. The van der Waals surface area contributed by atoms with Gasteiger partial charge in [-0.2, -0.15) is 4.31 Å². The van der Waals surface area contributed by atoms with Crippen LogP contribution in [-0.4, -0.2) is 24.8 Å². The molecule has 0 atom stereocenters. The van der Waals surface area contributed by atoms with Crippen LogP contribution in [0.3, 0.4) is 0 Å².